The highest BCUT2D eigenvalue weighted by Crippen LogP contribution is 2.27. The van der Waals surface area contributed by atoms with E-state index in [1.807, 2.05) is 12.1 Å². The second-order valence-electron chi connectivity index (χ2n) is 5.90. The van der Waals surface area contributed by atoms with Crippen LogP contribution in [-0.2, 0) is 0 Å². The maximum absolute atomic E-state index is 5.98. The predicted octanol–water partition coefficient (Wildman–Crippen LogP) is 5.35. The van der Waals surface area contributed by atoms with Gasteiger partial charge in [0.05, 0.1) is 0 Å². The van der Waals surface area contributed by atoms with Gasteiger partial charge in [0, 0.05) is 17.1 Å². The number of rotatable bonds is 4. The summed E-state index contributed by atoms with van der Waals surface area (Å²) >= 11 is 5.98. The van der Waals surface area contributed by atoms with Crippen molar-refractivity contribution in [1.82, 2.24) is 5.32 Å². The van der Waals surface area contributed by atoms with Crippen molar-refractivity contribution in [2.45, 2.75) is 64.5 Å². The van der Waals surface area contributed by atoms with Crippen molar-refractivity contribution in [1.29, 1.82) is 0 Å². The molecule has 19 heavy (non-hydrogen) atoms. The Morgan fingerprint density at radius 3 is 2.53 bits per heavy atom. The number of nitrogens with one attached hydrogen (secondary N) is 1. The largest absolute Gasteiger partial charge is 0.307 e. The van der Waals surface area contributed by atoms with Gasteiger partial charge in [0.25, 0.3) is 0 Å². The van der Waals surface area contributed by atoms with E-state index < -0.39 is 0 Å². The molecule has 1 aliphatic rings. The van der Waals surface area contributed by atoms with E-state index in [9.17, 15) is 0 Å². The summed E-state index contributed by atoms with van der Waals surface area (Å²) in [5.74, 6) is 0.795. The summed E-state index contributed by atoms with van der Waals surface area (Å²) in [6, 6.07) is 9.44. The minimum Gasteiger partial charge on any atom is -0.307 e. The molecule has 1 aromatic carbocycles. The van der Waals surface area contributed by atoms with Crippen LogP contribution in [-0.4, -0.2) is 6.04 Å². The van der Waals surface area contributed by atoms with Crippen LogP contribution in [0.25, 0.3) is 0 Å². The predicted molar refractivity (Wildman–Crippen MR) is 83.7 cm³/mol. The van der Waals surface area contributed by atoms with Crippen LogP contribution >= 0.6 is 11.6 Å². The molecule has 0 heterocycles. The van der Waals surface area contributed by atoms with Crippen LogP contribution in [0.15, 0.2) is 24.3 Å². The molecule has 3 unspecified atom stereocenters. The second kappa shape index (κ2) is 7.31. The molecule has 1 nitrogen and oxygen atoms in total. The lowest BCUT2D eigenvalue weighted by Gasteiger charge is -2.28. The minimum atomic E-state index is 0.461. The summed E-state index contributed by atoms with van der Waals surface area (Å²) in [5, 5.41) is 4.71. The lowest BCUT2D eigenvalue weighted by Crippen LogP contribution is -2.37. The highest BCUT2D eigenvalue weighted by molar-refractivity contribution is 6.30. The quantitative estimate of drug-likeness (QED) is 0.733. The van der Waals surface area contributed by atoms with Crippen LogP contribution in [0.3, 0.4) is 0 Å². The molecule has 0 aromatic heterocycles. The van der Waals surface area contributed by atoms with E-state index in [-0.39, 0.29) is 0 Å². The lowest BCUT2D eigenvalue weighted by atomic mass is 9.94. The van der Waals surface area contributed by atoms with E-state index in [2.05, 4.69) is 31.3 Å². The molecule has 1 aromatic rings. The molecule has 2 rings (SSSR count). The summed E-state index contributed by atoms with van der Waals surface area (Å²) in [7, 11) is 0. The zero-order valence-corrected chi connectivity index (χ0v) is 12.9. The van der Waals surface area contributed by atoms with Crippen molar-refractivity contribution in [2.24, 2.45) is 5.92 Å². The Balaban J connectivity index is 2.03. The first-order chi connectivity index (χ1) is 9.20. The van der Waals surface area contributed by atoms with Crippen molar-refractivity contribution in [3.8, 4) is 0 Å². The second-order valence-corrected chi connectivity index (χ2v) is 6.34. The van der Waals surface area contributed by atoms with Gasteiger partial charge in [0.1, 0.15) is 0 Å². The first kappa shape index (κ1) is 14.9. The third-order valence-corrected chi connectivity index (χ3v) is 4.71. The molecule has 0 saturated heterocycles. The first-order valence-corrected chi connectivity index (χ1v) is 8.10. The Labute approximate surface area is 122 Å². The van der Waals surface area contributed by atoms with Crippen molar-refractivity contribution >= 4 is 11.6 Å². The molecule has 2 heteroatoms. The molecule has 0 amide bonds. The Hall–Kier alpha value is -0.530. The van der Waals surface area contributed by atoms with Gasteiger partial charge in [-0.25, -0.2) is 0 Å². The van der Waals surface area contributed by atoms with E-state index in [0.29, 0.717) is 12.1 Å². The Morgan fingerprint density at radius 1 is 1.16 bits per heavy atom. The molecule has 1 N–H and O–H groups in total. The molecule has 0 radical (unpaired) electrons. The molecule has 0 spiro atoms. The number of hydrogen-bond acceptors (Lipinski definition) is 1. The fourth-order valence-corrected chi connectivity index (χ4v) is 3.27. The van der Waals surface area contributed by atoms with Crippen LogP contribution in [0, 0.1) is 5.92 Å². The molecular weight excluding hydrogens is 254 g/mol. The molecule has 0 aliphatic heterocycles. The SMILES string of the molecule is CCC(NC1CCCCCC1C)c1ccc(Cl)cc1. The number of halogens is 1. The molecular formula is C17H26ClN. The van der Waals surface area contributed by atoms with Crippen LogP contribution in [0.5, 0.6) is 0 Å². The zero-order valence-electron chi connectivity index (χ0n) is 12.2. The molecule has 1 fully saturated rings. The molecule has 1 saturated carbocycles. The van der Waals surface area contributed by atoms with Gasteiger partial charge in [0.15, 0.2) is 0 Å². The highest BCUT2D eigenvalue weighted by atomic mass is 35.5. The molecule has 3 atom stereocenters. The monoisotopic (exact) mass is 279 g/mol. The van der Waals surface area contributed by atoms with Gasteiger partial charge in [-0.1, -0.05) is 56.8 Å². The van der Waals surface area contributed by atoms with Gasteiger partial charge in [0.2, 0.25) is 0 Å². The van der Waals surface area contributed by atoms with Gasteiger partial charge in [-0.05, 0) is 42.9 Å². The van der Waals surface area contributed by atoms with Crippen LogP contribution in [0.4, 0.5) is 0 Å². The minimum absolute atomic E-state index is 0.461. The average molecular weight is 280 g/mol. The van der Waals surface area contributed by atoms with E-state index in [1.54, 1.807) is 0 Å². The Morgan fingerprint density at radius 2 is 1.84 bits per heavy atom. The third-order valence-electron chi connectivity index (χ3n) is 4.46. The van der Waals surface area contributed by atoms with E-state index in [4.69, 9.17) is 11.6 Å². The molecule has 106 valence electrons. The standard InChI is InChI=1S/C17H26ClN/c1-3-16(14-9-11-15(18)12-10-14)19-17-8-6-4-5-7-13(17)2/h9-13,16-17,19H,3-8H2,1-2H3. The van der Waals surface area contributed by atoms with Crippen LogP contribution in [0.1, 0.15) is 64.0 Å². The van der Waals surface area contributed by atoms with E-state index in [0.717, 1.165) is 17.4 Å². The maximum Gasteiger partial charge on any atom is 0.0406 e. The van der Waals surface area contributed by atoms with Gasteiger partial charge in [-0.15, -0.1) is 0 Å². The smallest absolute Gasteiger partial charge is 0.0406 e. The van der Waals surface area contributed by atoms with Gasteiger partial charge in [-0.2, -0.15) is 0 Å². The van der Waals surface area contributed by atoms with E-state index in [1.165, 1.54) is 37.7 Å². The summed E-state index contributed by atoms with van der Waals surface area (Å²) in [6.45, 7) is 4.66. The van der Waals surface area contributed by atoms with Gasteiger partial charge < -0.3 is 5.32 Å². The van der Waals surface area contributed by atoms with Crippen LogP contribution < -0.4 is 5.32 Å². The third kappa shape index (κ3) is 4.22. The van der Waals surface area contributed by atoms with Gasteiger partial charge >= 0.3 is 0 Å². The zero-order chi connectivity index (χ0) is 13.7. The maximum atomic E-state index is 5.98. The van der Waals surface area contributed by atoms with Crippen molar-refractivity contribution < 1.29 is 0 Å². The summed E-state index contributed by atoms with van der Waals surface area (Å²) in [5.41, 5.74) is 1.36. The number of benzene rings is 1. The summed E-state index contributed by atoms with van der Waals surface area (Å²) in [6.07, 6.45) is 8.00. The Kier molecular flexibility index (Phi) is 5.72. The summed E-state index contributed by atoms with van der Waals surface area (Å²) in [4.78, 5) is 0. The first-order valence-electron chi connectivity index (χ1n) is 7.72. The molecule has 1 aliphatic carbocycles. The fourth-order valence-electron chi connectivity index (χ4n) is 3.14. The normalized spacial score (nSPS) is 25.8. The van der Waals surface area contributed by atoms with Gasteiger partial charge in [-0.3, -0.25) is 0 Å². The lowest BCUT2D eigenvalue weighted by molar-refractivity contribution is 0.318. The van der Waals surface area contributed by atoms with E-state index >= 15 is 0 Å². The van der Waals surface area contributed by atoms with Crippen molar-refractivity contribution in [3.63, 3.8) is 0 Å². The fraction of sp³-hybridized carbons (Fsp3) is 0.647. The molecule has 0 bridgehead atoms. The Bertz CT molecular complexity index is 373. The van der Waals surface area contributed by atoms with Crippen molar-refractivity contribution in [2.75, 3.05) is 0 Å². The average Bonchev–Trinajstić information content (AvgIpc) is 2.62. The highest BCUT2D eigenvalue weighted by Gasteiger charge is 2.22. The van der Waals surface area contributed by atoms with Crippen molar-refractivity contribution in [3.05, 3.63) is 34.9 Å². The summed E-state index contributed by atoms with van der Waals surface area (Å²) < 4.78 is 0. The number of hydrogen-bond donors (Lipinski definition) is 1. The van der Waals surface area contributed by atoms with Crippen LogP contribution in [0.2, 0.25) is 5.02 Å². The topological polar surface area (TPSA) is 12.0 Å².